The lowest BCUT2D eigenvalue weighted by atomic mass is 10.0. The van der Waals surface area contributed by atoms with E-state index in [1.165, 1.54) is 22.2 Å². The van der Waals surface area contributed by atoms with Crippen LogP contribution in [0.25, 0.3) is 20.4 Å². The van der Waals surface area contributed by atoms with Crippen molar-refractivity contribution in [3.8, 4) is 5.75 Å². The van der Waals surface area contributed by atoms with E-state index in [4.69, 9.17) is 4.74 Å². The number of likely N-dealkylation sites (tertiary alicyclic amines) is 1. The molecule has 1 aromatic carbocycles. The topological polar surface area (TPSA) is 106 Å². The van der Waals surface area contributed by atoms with E-state index in [2.05, 4.69) is 22.2 Å². The zero-order chi connectivity index (χ0) is 24.7. The van der Waals surface area contributed by atoms with Gasteiger partial charge in [-0.05, 0) is 49.4 Å². The highest BCUT2D eigenvalue weighted by Gasteiger charge is 2.24. The van der Waals surface area contributed by atoms with Crippen LogP contribution in [0, 0.1) is 12.8 Å². The first-order valence-corrected chi connectivity index (χ1v) is 13.0. The molecule has 1 N–H and O–H groups in total. The number of amides is 2. The lowest BCUT2D eigenvalue weighted by Gasteiger charge is -2.31. The number of anilines is 1. The molecule has 1 saturated heterocycles. The summed E-state index contributed by atoms with van der Waals surface area (Å²) in [5.41, 5.74) is 1.00. The molecule has 3 aromatic heterocycles. The summed E-state index contributed by atoms with van der Waals surface area (Å²) in [5.74, 6) is 0.747. The Balaban J connectivity index is 1.39. The van der Waals surface area contributed by atoms with Gasteiger partial charge in [0.2, 0.25) is 5.91 Å². The summed E-state index contributed by atoms with van der Waals surface area (Å²) >= 11 is 2.51. The fourth-order valence-corrected chi connectivity index (χ4v) is 6.31. The number of hydrogen-bond donors (Lipinski definition) is 1. The molecule has 1 aliphatic heterocycles. The summed E-state index contributed by atoms with van der Waals surface area (Å²) in [7, 11) is 1.60. The molecule has 0 bridgehead atoms. The van der Waals surface area contributed by atoms with Crippen LogP contribution in [0.15, 0.2) is 29.3 Å². The van der Waals surface area contributed by atoms with Crippen LogP contribution in [0.1, 0.15) is 35.0 Å². The second-order valence-corrected chi connectivity index (χ2v) is 10.8. The molecule has 35 heavy (non-hydrogen) atoms. The number of nitrogens with one attached hydrogen (secondary N) is 1. The van der Waals surface area contributed by atoms with Crippen molar-refractivity contribution >= 4 is 60.1 Å². The van der Waals surface area contributed by atoms with E-state index in [0.29, 0.717) is 44.8 Å². The number of thiophene rings is 1. The van der Waals surface area contributed by atoms with Crippen molar-refractivity contribution in [2.45, 2.75) is 33.2 Å². The van der Waals surface area contributed by atoms with Crippen LogP contribution in [0.2, 0.25) is 0 Å². The second kappa shape index (κ2) is 9.38. The quantitative estimate of drug-likeness (QED) is 0.436. The lowest BCUT2D eigenvalue weighted by Crippen LogP contribution is -2.42. The number of fused-ring (bicyclic) bond motifs is 2. The van der Waals surface area contributed by atoms with Crippen LogP contribution in [0.4, 0.5) is 5.13 Å². The van der Waals surface area contributed by atoms with Gasteiger partial charge in [-0.25, -0.2) is 9.97 Å². The molecule has 9 nitrogen and oxygen atoms in total. The van der Waals surface area contributed by atoms with Crippen molar-refractivity contribution in [3.05, 3.63) is 45.3 Å². The standard InChI is InChI=1S/C24H25N5O4S2/c1-13-5-4-8-28(10-13)18(30)11-29-12-25-22-19(23(29)32)14(2)20(35-22)21(31)27-24-26-16-7-6-15(33-3)9-17(16)34-24/h6-7,9,12-13H,4-5,8,10-11H2,1-3H3,(H,26,27,31)/t13-/m0/s1. The number of thiazole rings is 1. The number of benzene rings is 1. The van der Waals surface area contributed by atoms with Crippen LogP contribution in [-0.2, 0) is 11.3 Å². The maximum atomic E-state index is 13.2. The molecular weight excluding hydrogens is 486 g/mol. The van der Waals surface area contributed by atoms with Crippen LogP contribution in [0.5, 0.6) is 5.75 Å². The van der Waals surface area contributed by atoms with Gasteiger partial charge < -0.3 is 9.64 Å². The Bertz CT molecular complexity index is 1510. The molecule has 0 spiro atoms. The summed E-state index contributed by atoms with van der Waals surface area (Å²) < 4.78 is 7.48. The third kappa shape index (κ3) is 4.53. The number of nitrogens with zero attached hydrogens (tertiary/aromatic N) is 4. The van der Waals surface area contributed by atoms with Crippen LogP contribution < -0.4 is 15.6 Å². The Kier molecular flexibility index (Phi) is 6.28. The Hall–Kier alpha value is -3.31. The number of ether oxygens (including phenoxy) is 1. The normalized spacial score (nSPS) is 16.1. The van der Waals surface area contributed by atoms with Crippen molar-refractivity contribution in [2.75, 3.05) is 25.5 Å². The third-order valence-corrected chi connectivity index (χ3v) is 8.39. The summed E-state index contributed by atoms with van der Waals surface area (Å²) in [6, 6.07) is 5.52. The van der Waals surface area contributed by atoms with Gasteiger partial charge in [0.1, 0.15) is 17.1 Å². The van der Waals surface area contributed by atoms with E-state index >= 15 is 0 Å². The molecule has 2 amide bonds. The van der Waals surface area contributed by atoms with Crippen molar-refractivity contribution in [3.63, 3.8) is 0 Å². The molecule has 182 valence electrons. The Labute approximate surface area is 209 Å². The fourth-order valence-electron chi connectivity index (χ4n) is 4.39. The average molecular weight is 512 g/mol. The highest BCUT2D eigenvalue weighted by atomic mass is 32.1. The molecule has 0 aliphatic carbocycles. The highest BCUT2D eigenvalue weighted by Crippen LogP contribution is 2.31. The third-order valence-electron chi connectivity index (χ3n) is 6.25. The van der Waals surface area contributed by atoms with Crippen molar-refractivity contribution < 1.29 is 14.3 Å². The van der Waals surface area contributed by atoms with E-state index < -0.39 is 0 Å². The van der Waals surface area contributed by atoms with Crippen LogP contribution >= 0.6 is 22.7 Å². The minimum atomic E-state index is -0.346. The number of carbonyl (C=O) groups excluding carboxylic acids is 2. The number of methoxy groups -OCH3 is 1. The molecule has 1 fully saturated rings. The molecule has 0 unspecified atom stereocenters. The van der Waals surface area contributed by atoms with Gasteiger partial charge in [0.25, 0.3) is 11.5 Å². The van der Waals surface area contributed by atoms with E-state index in [0.717, 1.165) is 40.1 Å². The van der Waals surface area contributed by atoms with Gasteiger partial charge in [-0.2, -0.15) is 0 Å². The number of rotatable bonds is 5. The highest BCUT2D eigenvalue weighted by molar-refractivity contribution is 7.23. The second-order valence-electron chi connectivity index (χ2n) is 8.81. The Morgan fingerprint density at radius 1 is 1.29 bits per heavy atom. The molecule has 11 heteroatoms. The van der Waals surface area contributed by atoms with Gasteiger partial charge in [0, 0.05) is 13.1 Å². The van der Waals surface area contributed by atoms with Gasteiger partial charge in [0.05, 0.1) is 33.9 Å². The first-order valence-electron chi connectivity index (χ1n) is 11.4. The number of aryl methyl sites for hydroxylation is 1. The zero-order valence-electron chi connectivity index (χ0n) is 19.7. The number of aromatic nitrogens is 3. The summed E-state index contributed by atoms with van der Waals surface area (Å²) in [5, 5.41) is 3.67. The summed E-state index contributed by atoms with van der Waals surface area (Å²) in [4.78, 5) is 50.6. The molecule has 4 aromatic rings. The van der Waals surface area contributed by atoms with Gasteiger partial charge >= 0.3 is 0 Å². The fraction of sp³-hybridized carbons (Fsp3) is 0.375. The largest absolute Gasteiger partial charge is 0.497 e. The smallest absolute Gasteiger partial charge is 0.267 e. The molecule has 5 rings (SSSR count). The molecule has 0 saturated carbocycles. The first kappa shape index (κ1) is 23.4. The minimum absolute atomic E-state index is 0.0551. The SMILES string of the molecule is COc1ccc2nc(NC(=O)c3sc4ncn(CC(=O)N5CCC[C@H](C)C5)c(=O)c4c3C)sc2c1. The van der Waals surface area contributed by atoms with Gasteiger partial charge in [0.15, 0.2) is 5.13 Å². The van der Waals surface area contributed by atoms with Gasteiger partial charge in [-0.15, -0.1) is 11.3 Å². The molecule has 4 heterocycles. The summed E-state index contributed by atoms with van der Waals surface area (Å²) in [6.45, 7) is 5.24. The molecule has 0 radical (unpaired) electrons. The minimum Gasteiger partial charge on any atom is -0.497 e. The first-order chi connectivity index (χ1) is 16.8. The van der Waals surface area contributed by atoms with Gasteiger partial charge in [-0.3, -0.25) is 24.3 Å². The van der Waals surface area contributed by atoms with Crippen LogP contribution in [0.3, 0.4) is 0 Å². The maximum absolute atomic E-state index is 13.2. The Morgan fingerprint density at radius 2 is 2.11 bits per heavy atom. The number of hydrogen-bond acceptors (Lipinski definition) is 8. The van der Waals surface area contributed by atoms with E-state index in [1.807, 2.05) is 23.1 Å². The zero-order valence-corrected chi connectivity index (χ0v) is 21.3. The Morgan fingerprint density at radius 3 is 2.89 bits per heavy atom. The average Bonchev–Trinajstić information content (AvgIpc) is 3.40. The lowest BCUT2D eigenvalue weighted by molar-refractivity contribution is -0.133. The number of carbonyl (C=O) groups is 2. The van der Waals surface area contributed by atoms with Crippen LogP contribution in [-0.4, -0.2) is 51.4 Å². The molecular formula is C24H25N5O4S2. The van der Waals surface area contributed by atoms with E-state index in [9.17, 15) is 14.4 Å². The molecule has 1 atom stereocenters. The van der Waals surface area contributed by atoms with E-state index in [1.54, 1.807) is 14.0 Å². The number of piperidine rings is 1. The predicted molar refractivity (Wildman–Crippen MR) is 138 cm³/mol. The predicted octanol–water partition coefficient (Wildman–Crippen LogP) is 3.90. The monoisotopic (exact) mass is 511 g/mol. The summed E-state index contributed by atoms with van der Waals surface area (Å²) in [6.07, 6.45) is 3.49. The van der Waals surface area contributed by atoms with E-state index in [-0.39, 0.29) is 23.9 Å². The van der Waals surface area contributed by atoms with Crippen molar-refractivity contribution in [1.82, 2.24) is 19.4 Å². The van der Waals surface area contributed by atoms with Crippen molar-refractivity contribution in [1.29, 1.82) is 0 Å². The van der Waals surface area contributed by atoms with Crippen molar-refractivity contribution in [2.24, 2.45) is 5.92 Å². The van der Waals surface area contributed by atoms with Gasteiger partial charge in [-0.1, -0.05) is 18.3 Å². The maximum Gasteiger partial charge on any atom is 0.267 e. The molecule has 1 aliphatic rings.